The first kappa shape index (κ1) is 33.9. The summed E-state index contributed by atoms with van der Waals surface area (Å²) in [6.07, 6.45) is 1.40. The van der Waals surface area contributed by atoms with Crippen molar-refractivity contribution in [3.63, 3.8) is 0 Å². The van der Waals surface area contributed by atoms with E-state index in [0.29, 0.717) is 12.3 Å². The van der Waals surface area contributed by atoms with Crippen LogP contribution in [0.25, 0.3) is 15.6 Å². The molecule has 1 saturated carbocycles. The third-order valence-electron chi connectivity index (χ3n) is 8.84. The zero-order valence-electron chi connectivity index (χ0n) is 27.6. The van der Waals surface area contributed by atoms with Crippen molar-refractivity contribution >= 4 is 34.4 Å². The summed E-state index contributed by atoms with van der Waals surface area (Å²) >= 11 is 0. The maximum atomic E-state index is 14.4. The number of methoxy groups -OCH3 is 1. The summed E-state index contributed by atoms with van der Waals surface area (Å²) in [5.74, 6) is -2.29. The lowest BCUT2D eigenvalue weighted by molar-refractivity contribution is -0.161. The van der Waals surface area contributed by atoms with Crippen molar-refractivity contribution in [3.8, 4) is 5.88 Å². The van der Waals surface area contributed by atoms with Gasteiger partial charge in [-0.15, -0.1) is 0 Å². The van der Waals surface area contributed by atoms with Crippen molar-refractivity contribution in [3.05, 3.63) is 47.4 Å². The zero-order chi connectivity index (χ0) is 33.3. The summed E-state index contributed by atoms with van der Waals surface area (Å²) in [5.41, 5.74) is -1.32. The third-order valence-corrected chi connectivity index (χ3v) is 8.84. The van der Waals surface area contributed by atoms with Crippen molar-refractivity contribution < 1.29 is 33.4 Å². The van der Waals surface area contributed by atoms with Crippen molar-refractivity contribution in [1.29, 1.82) is 0 Å². The highest BCUT2D eigenvalue weighted by Crippen LogP contribution is 2.57. The summed E-state index contributed by atoms with van der Waals surface area (Å²) in [5, 5.41) is 1.78. The number of fused-ring (bicyclic) bond motifs is 1. The molecule has 2 aromatic rings. The SMILES string of the molecule is [C-]#[N+]C[C@@H]1C[C@]1(CC(=O)[C@@H]1C[C@@H](Oc2nccc3cc(C)ccc23)CN1C(=O)[C@@H](CC(=O)OC(C)(C)C)C(C)(C)C)C(=O)OC. The number of aromatic nitrogens is 1. The lowest BCUT2D eigenvalue weighted by atomic mass is 9.77. The summed E-state index contributed by atoms with van der Waals surface area (Å²) in [6.45, 7) is 20.5. The van der Waals surface area contributed by atoms with Crippen LogP contribution in [0.1, 0.15) is 72.8 Å². The molecule has 2 fully saturated rings. The van der Waals surface area contributed by atoms with Gasteiger partial charge in [-0.2, -0.15) is 0 Å². The molecule has 1 aliphatic carbocycles. The molecule has 0 spiro atoms. The molecule has 1 aromatic heterocycles. The zero-order valence-corrected chi connectivity index (χ0v) is 27.6. The Bertz CT molecular complexity index is 1520. The van der Waals surface area contributed by atoms with Crippen LogP contribution in [0.3, 0.4) is 0 Å². The second-order valence-corrected chi connectivity index (χ2v) is 14.6. The number of aryl methyl sites for hydroxylation is 1. The Labute approximate surface area is 265 Å². The normalized spacial score (nSPS) is 23.6. The number of ether oxygens (including phenoxy) is 3. The standard InChI is InChI=1S/C35H45N3O7/c1-21-10-11-25-22(14-21)12-13-37-30(25)44-24-15-27(28(39)18-35(32(42)43-9)17-23(35)19-36-8)38(20-24)31(41)26(33(2,3)4)16-29(40)45-34(5,6)7/h10-14,23-24,26-27H,15-20H2,1-7,9H3/t23-,24+,26+,27-,35+/m0/s1. The maximum absolute atomic E-state index is 14.4. The van der Waals surface area contributed by atoms with Crippen LogP contribution < -0.4 is 4.74 Å². The minimum atomic E-state index is -1.07. The number of Topliss-reactive ketones (excluding diaryl/α,β-unsaturated/α-hetero) is 1. The van der Waals surface area contributed by atoms with E-state index in [4.69, 9.17) is 20.8 Å². The average molecular weight is 620 g/mol. The van der Waals surface area contributed by atoms with Crippen LogP contribution in [0, 0.1) is 36.2 Å². The van der Waals surface area contributed by atoms with Crippen molar-refractivity contribution in [2.75, 3.05) is 20.2 Å². The number of hydrogen-bond acceptors (Lipinski definition) is 8. The van der Waals surface area contributed by atoms with Gasteiger partial charge in [-0.25, -0.2) is 11.6 Å². The smallest absolute Gasteiger partial charge is 0.312 e. The number of pyridine rings is 1. The van der Waals surface area contributed by atoms with Gasteiger partial charge in [0.2, 0.25) is 18.3 Å². The molecule has 4 rings (SSSR count). The molecular weight excluding hydrogens is 574 g/mol. The summed E-state index contributed by atoms with van der Waals surface area (Å²) in [4.78, 5) is 63.6. The van der Waals surface area contributed by atoms with Gasteiger partial charge < -0.3 is 24.0 Å². The van der Waals surface area contributed by atoms with E-state index in [1.807, 2.05) is 52.0 Å². The highest BCUT2D eigenvalue weighted by Gasteiger charge is 2.64. The monoisotopic (exact) mass is 619 g/mol. The highest BCUT2D eigenvalue weighted by atomic mass is 16.6. The van der Waals surface area contributed by atoms with Gasteiger partial charge in [0, 0.05) is 30.3 Å². The summed E-state index contributed by atoms with van der Waals surface area (Å²) < 4.78 is 17.0. The first-order valence-electron chi connectivity index (χ1n) is 15.5. The van der Waals surface area contributed by atoms with Crippen LogP contribution in [0.5, 0.6) is 5.88 Å². The molecule has 0 unspecified atom stereocenters. The molecule has 1 aliphatic heterocycles. The Hall–Kier alpha value is -4.00. The molecule has 5 atom stereocenters. The van der Waals surface area contributed by atoms with E-state index in [9.17, 15) is 19.2 Å². The highest BCUT2D eigenvalue weighted by molar-refractivity contribution is 5.96. The molecule has 1 saturated heterocycles. The van der Waals surface area contributed by atoms with Crippen LogP contribution in [0.2, 0.25) is 0 Å². The minimum absolute atomic E-state index is 0.108. The van der Waals surface area contributed by atoms with Gasteiger partial charge in [0.1, 0.15) is 11.7 Å². The van der Waals surface area contributed by atoms with E-state index in [2.05, 4.69) is 9.83 Å². The van der Waals surface area contributed by atoms with Crippen molar-refractivity contribution in [2.24, 2.45) is 22.7 Å². The molecule has 1 amide bonds. The molecule has 2 aliphatic rings. The van der Waals surface area contributed by atoms with Gasteiger partial charge in [-0.1, -0.05) is 38.5 Å². The van der Waals surface area contributed by atoms with E-state index in [0.717, 1.165) is 16.3 Å². The number of rotatable bonds is 10. The molecule has 45 heavy (non-hydrogen) atoms. The number of hydrogen-bond donors (Lipinski definition) is 0. The van der Waals surface area contributed by atoms with Crippen LogP contribution in [0.4, 0.5) is 0 Å². The van der Waals surface area contributed by atoms with Crippen LogP contribution >= 0.6 is 0 Å². The van der Waals surface area contributed by atoms with Gasteiger partial charge in [0.25, 0.3) is 0 Å². The topological polar surface area (TPSA) is 116 Å². The van der Waals surface area contributed by atoms with Gasteiger partial charge in [0.05, 0.1) is 37.5 Å². The van der Waals surface area contributed by atoms with Crippen LogP contribution in [-0.2, 0) is 28.7 Å². The number of carbonyl (C=O) groups excluding carboxylic acids is 4. The lowest BCUT2D eigenvalue weighted by Gasteiger charge is -2.35. The minimum Gasteiger partial charge on any atom is -0.472 e. The fourth-order valence-corrected chi connectivity index (χ4v) is 6.37. The summed E-state index contributed by atoms with van der Waals surface area (Å²) in [7, 11) is 1.28. The first-order valence-corrected chi connectivity index (χ1v) is 15.5. The molecule has 0 bridgehead atoms. The second-order valence-electron chi connectivity index (χ2n) is 14.6. The Morgan fingerprint density at radius 3 is 2.47 bits per heavy atom. The van der Waals surface area contributed by atoms with E-state index in [1.165, 1.54) is 12.0 Å². The van der Waals surface area contributed by atoms with E-state index in [-0.39, 0.29) is 50.0 Å². The van der Waals surface area contributed by atoms with Gasteiger partial charge >= 0.3 is 11.9 Å². The molecule has 10 nitrogen and oxygen atoms in total. The van der Waals surface area contributed by atoms with Gasteiger partial charge in [0.15, 0.2) is 5.78 Å². The van der Waals surface area contributed by atoms with Crippen molar-refractivity contribution in [2.45, 2.75) is 91.9 Å². The molecule has 1 aromatic carbocycles. The Kier molecular flexibility index (Phi) is 9.62. The largest absolute Gasteiger partial charge is 0.472 e. The number of benzene rings is 1. The fourth-order valence-electron chi connectivity index (χ4n) is 6.37. The predicted molar refractivity (Wildman–Crippen MR) is 168 cm³/mol. The number of nitrogens with zero attached hydrogens (tertiary/aromatic N) is 3. The molecule has 0 radical (unpaired) electrons. The fraction of sp³-hybridized carbons (Fsp3) is 0.600. The molecule has 0 N–H and O–H groups in total. The van der Waals surface area contributed by atoms with E-state index in [1.54, 1.807) is 27.0 Å². The first-order chi connectivity index (χ1) is 21.0. The van der Waals surface area contributed by atoms with Gasteiger partial charge in [-0.3, -0.25) is 19.2 Å². The molecule has 10 heteroatoms. The predicted octanol–water partition coefficient (Wildman–Crippen LogP) is 5.34. The Morgan fingerprint density at radius 2 is 1.84 bits per heavy atom. The molecule has 242 valence electrons. The second kappa shape index (κ2) is 12.8. The number of amides is 1. The lowest BCUT2D eigenvalue weighted by Crippen LogP contribution is -2.48. The quantitative estimate of drug-likeness (QED) is 0.258. The van der Waals surface area contributed by atoms with Gasteiger partial charge in [-0.05, 0) is 57.0 Å². The number of likely N-dealkylation sites (tertiary alicyclic amines) is 1. The average Bonchev–Trinajstić information content (AvgIpc) is 3.45. The van der Waals surface area contributed by atoms with Crippen molar-refractivity contribution in [1.82, 2.24) is 9.88 Å². The molecular formula is C35H45N3O7. The Balaban J connectivity index is 1.65. The van der Waals surface area contributed by atoms with Crippen LogP contribution in [0.15, 0.2) is 30.5 Å². The maximum Gasteiger partial charge on any atom is 0.312 e. The number of esters is 2. The van der Waals surface area contributed by atoms with E-state index < -0.39 is 46.4 Å². The Morgan fingerprint density at radius 1 is 1.13 bits per heavy atom. The summed E-state index contributed by atoms with van der Waals surface area (Å²) in [6, 6.07) is 6.96. The number of carbonyl (C=O) groups is 4. The molecule has 2 heterocycles. The van der Waals surface area contributed by atoms with Crippen LogP contribution in [-0.4, -0.2) is 71.5 Å². The van der Waals surface area contributed by atoms with E-state index >= 15 is 0 Å². The third kappa shape index (κ3) is 7.63. The number of ketones is 1.